The summed E-state index contributed by atoms with van der Waals surface area (Å²) in [6, 6.07) is 9.91. The third-order valence-corrected chi connectivity index (χ3v) is 6.36. The molecule has 0 atom stereocenters. The molecule has 0 spiro atoms. The molecule has 1 saturated heterocycles. The maximum atomic E-state index is 12.0. The largest absolute Gasteiger partial charge is 0.481 e. The van der Waals surface area contributed by atoms with Crippen molar-refractivity contribution in [1.82, 2.24) is 25.2 Å². The Hall–Kier alpha value is -4.11. The van der Waals surface area contributed by atoms with Crippen LogP contribution in [0.2, 0.25) is 0 Å². The van der Waals surface area contributed by atoms with E-state index in [1.54, 1.807) is 25.6 Å². The Balaban J connectivity index is 1.47. The SMILES string of the molecule is CN/C=C\c1cc(-c2cncnc2)nc(Nc2ccc(CCN3CCC(C(=O)O)CC3)cc2)c1C=O. The minimum atomic E-state index is -0.683. The molecule has 3 heterocycles. The zero-order valence-corrected chi connectivity index (χ0v) is 20.2. The van der Waals surface area contributed by atoms with Gasteiger partial charge in [0.15, 0.2) is 6.29 Å². The van der Waals surface area contributed by atoms with E-state index in [-0.39, 0.29) is 5.92 Å². The van der Waals surface area contributed by atoms with Crippen LogP contribution >= 0.6 is 0 Å². The number of aldehydes is 1. The zero-order chi connectivity index (χ0) is 25.3. The van der Waals surface area contributed by atoms with E-state index in [0.29, 0.717) is 29.9 Å². The van der Waals surface area contributed by atoms with Crippen molar-refractivity contribution in [3.05, 3.63) is 71.9 Å². The van der Waals surface area contributed by atoms with E-state index >= 15 is 0 Å². The third-order valence-electron chi connectivity index (χ3n) is 6.36. The van der Waals surface area contributed by atoms with Crippen molar-refractivity contribution < 1.29 is 14.7 Å². The van der Waals surface area contributed by atoms with Gasteiger partial charge in [0.2, 0.25) is 0 Å². The highest BCUT2D eigenvalue weighted by Crippen LogP contribution is 2.27. The summed E-state index contributed by atoms with van der Waals surface area (Å²) in [6.45, 7) is 2.55. The number of aliphatic carboxylic acids is 1. The predicted octanol–water partition coefficient (Wildman–Crippen LogP) is 3.62. The van der Waals surface area contributed by atoms with Crippen molar-refractivity contribution in [3.8, 4) is 11.3 Å². The Morgan fingerprint density at radius 1 is 1.17 bits per heavy atom. The molecule has 0 aliphatic carbocycles. The molecule has 0 saturated carbocycles. The van der Waals surface area contributed by atoms with Gasteiger partial charge in [-0.15, -0.1) is 0 Å². The van der Waals surface area contributed by atoms with Crippen molar-refractivity contribution in [2.24, 2.45) is 5.92 Å². The lowest BCUT2D eigenvalue weighted by atomic mass is 9.97. The van der Waals surface area contributed by atoms with E-state index in [0.717, 1.165) is 49.2 Å². The number of pyridine rings is 1. The lowest BCUT2D eigenvalue weighted by Crippen LogP contribution is -2.37. The number of anilines is 2. The van der Waals surface area contributed by atoms with Crippen LogP contribution in [0.1, 0.15) is 34.3 Å². The highest BCUT2D eigenvalue weighted by atomic mass is 16.4. The highest BCUT2D eigenvalue weighted by molar-refractivity contribution is 5.91. The van der Waals surface area contributed by atoms with Crippen molar-refractivity contribution in [1.29, 1.82) is 0 Å². The van der Waals surface area contributed by atoms with E-state index in [1.807, 2.05) is 24.3 Å². The molecule has 1 aliphatic rings. The monoisotopic (exact) mass is 486 g/mol. The molecular weight excluding hydrogens is 456 g/mol. The van der Waals surface area contributed by atoms with Crippen LogP contribution in [-0.4, -0.2) is 63.9 Å². The predicted molar refractivity (Wildman–Crippen MR) is 139 cm³/mol. The van der Waals surface area contributed by atoms with E-state index in [4.69, 9.17) is 10.1 Å². The van der Waals surface area contributed by atoms with Gasteiger partial charge in [0, 0.05) is 37.2 Å². The van der Waals surface area contributed by atoms with Crippen LogP contribution in [0.25, 0.3) is 17.3 Å². The quantitative estimate of drug-likeness (QED) is 0.369. The number of hydrogen-bond donors (Lipinski definition) is 3. The number of carboxylic acids is 1. The average molecular weight is 487 g/mol. The molecule has 4 rings (SSSR count). The fourth-order valence-corrected chi connectivity index (χ4v) is 4.27. The summed E-state index contributed by atoms with van der Waals surface area (Å²) in [5.41, 5.74) is 4.59. The average Bonchev–Trinajstić information content (AvgIpc) is 2.92. The lowest BCUT2D eigenvalue weighted by molar-refractivity contribution is -0.143. The highest BCUT2D eigenvalue weighted by Gasteiger charge is 2.24. The number of carbonyl (C=O) groups excluding carboxylic acids is 1. The molecule has 0 radical (unpaired) electrons. The molecule has 9 nitrogen and oxygen atoms in total. The molecule has 3 N–H and O–H groups in total. The lowest BCUT2D eigenvalue weighted by Gasteiger charge is -2.29. The van der Waals surface area contributed by atoms with E-state index in [9.17, 15) is 9.59 Å². The number of hydrogen-bond acceptors (Lipinski definition) is 8. The number of nitrogens with zero attached hydrogens (tertiary/aromatic N) is 4. The second-order valence-electron chi connectivity index (χ2n) is 8.75. The van der Waals surface area contributed by atoms with Crippen LogP contribution in [0.3, 0.4) is 0 Å². The summed E-state index contributed by atoms with van der Waals surface area (Å²) in [6.07, 6.45) is 11.5. The van der Waals surface area contributed by atoms with Gasteiger partial charge >= 0.3 is 5.97 Å². The standard InChI is InChI=1S/C27H30N6O3/c1-28-10-6-21-14-25(22-15-29-18-30-16-22)32-26(24(21)17-34)31-23-4-2-19(3-5-23)7-11-33-12-8-20(9-13-33)27(35)36/h2-6,10,14-18,20,28H,7-9,11-13H2,1H3,(H,31,32)(H,35,36)/b10-6-. The molecular formula is C27H30N6O3. The van der Waals surface area contributed by atoms with Gasteiger partial charge in [-0.1, -0.05) is 12.1 Å². The minimum Gasteiger partial charge on any atom is -0.481 e. The summed E-state index contributed by atoms with van der Waals surface area (Å²) >= 11 is 0. The van der Waals surface area contributed by atoms with Gasteiger partial charge in [-0.05, 0) is 74.0 Å². The summed E-state index contributed by atoms with van der Waals surface area (Å²) in [4.78, 5) is 38.3. The molecule has 3 aromatic rings. The second kappa shape index (κ2) is 12.0. The first-order valence-electron chi connectivity index (χ1n) is 12.0. The van der Waals surface area contributed by atoms with Crippen molar-refractivity contribution >= 4 is 29.8 Å². The maximum Gasteiger partial charge on any atom is 0.306 e. The molecule has 0 amide bonds. The molecule has 9 heteroatoms. The number of aromatic nitrogens is 3. The summed E-state index contributed by atoms with van der Waals surface area (Å²) in [5.74, 6) is -0.437. The molecule has 1 aromatic carbocycles. The van der Waals surface area contributed by atoms with Gasteiger partial charge in [-0.25, -0.2) is 15.0 Å². The first kappa shape index (κ1) is 25.0. The number of carbonyl (C=O) groups is 2. The zero-order valence-electron chi connectivity index (χ0n) is 20.2. The summed E-state index contributed by atoms with van der Waals surface area (Å²) < 4.78 is 0. The van der Waals surface area contributed by atoms with Crippen molar-refractivity contribution in [2.45, 2.75) is 19.3 Å². The Kier molecular flexibility index (Phi) is 8.36. The Morgan fingerprint density at radius 3 is 2.53 bits per heavy atom. The molecule has 36 heavy (non-hydrogen) atoms. The Labute approximate surface area is 210 Å². The fraction of sp³-hybridized carbons (Fsp3) is 0.296. The molecule has 2 aromatic heterocycles. The van der Waals surface area contributed by atoms with Crippen LogP contribution in [0, 0.1) is 5.92 Å². The van der Waals surface area contributed by atoms with Gasteiger partial charge in [-0.2, -0.15) is 0 Å². The van der Waals surface area contributed by atoms with Gasteiger partial charge in [0.1, 0.15) is 12.1 Å². The van der Waals surface area contributed by atoms with E-state index in [1.165, 1.54) is 11.9 Å². The third kappa shape index (κ3) is 6.31. The van der Waals surface area contributed by atoms with Crippen LogP contribution in [0.5, 0.6) is 0 Å². The number of piperidine rings is 1. The Morgan fingerprint density at radius 2 is 1.89 bits per heavy atom. The van der Waals surface area contributed by atoms with Gasteiger partial charge in [0.05, 0.1) is 17.2 Å². The number of nitrogens with one attached hydrogen (secondary N) is 2. The minimum absolute atomic E-state index is 0.210. The molecule has 0 unspecified atom stereocenters. The second-order valence-corrected chi connectivity index (χ2v) is 8.75. The molecule has 1 fully saturated rings. The van der Waals surface area contributed by atoms with Crippen LogP contribution in [0.4, 0.5) is 11.5 Å². The van der Waals surface area contributed by atoms with Gasteiger partial charge < -0.3 is 20.6 Å². The summed E-state index contributed by atoms with van der Waals surface area (Å²) in [7, 11) is 1.79. The van der Waals surface area contributed by atoms with E-state index < -0.39 is 5.97 Å². The maximum absolute atomic E-state index is 12.0. The topological polar surface area (TPSA) is 120 Å². The normalized spacial score (nSPS) is 14.6. The van der Waals surface area contributed by atoms with Crippen LogP contribution in [-0.2, 0) is 11.2 Å². The molecule has 186 valence electrons. The van der Waals surface area contributed by atoms with Crippen molar-refractivity contribution in [2.75, 3.05) is 32.0 Å². The van der Waals surface area contributed by atoms with Crippen LogP contribution in [0.15, 0.2) is 55.3 Å². The van der Waals surface area contributed by atoms with E-state index in [2.05, 4.69) is 37.6 Å². The first-order valence-corrected chi connectivity index (χ1v) is 12.0. The number of likely N-dealkylation sites (tertiary alicyclic amines) is 1. The first-order chi connectivity index (χ1) is 17.6. The summed E-state index contributed by atoms with van der Waals surface area (Å²) in [5, 5.41) is 15.4. The smallest absolute Gasteiger partial charge is 0.306 e. The number of rotatable bonds is 10. The molecule has 1 aliphatic heterocycles. The van der Waals surface area contributed by atoms with Crippen LogP contribution < -0.4 is 10.6 Å². The fourth-order valence-electron chi connectivity index (χ4n) is 4.27. The van der Waals surface area contributed by atoms with Gasteiger partial charge in [0.25, 0.3) is 0 Å². The Bertz CT molecular complexity index is 1210. The number of benzene rings is 1. The van der Waals surface area contributed by atoms with Gasteiger partial charge in [-0.3, -0.25) is 9.59 Å². The molecule has 0 bridgehead atoms. The van der Waals surface area contributed by atoms with Crippen molar-refractivity contribution in [3.63, 3.8) is 0 Å². The number of carboxylic acid groups (broad SMARTS) is 1.